The van der Waals surface area contributed by atoms with Crippen LogP contribution in [0.4, 0.5) is 5.69 Å². The molecule has 4 nitrogen and oxygen atoms in total. The number of piperazine rings is 1. The lowest BCUT2D eigenvalue weighted by atomic mass is 9.97. The highest BCUT2D eigenvalue weighted by Gasteiger charge is 2.29. The average Bonchev–Trinajstić information content (AvgIpc) is 2.47. The lowest BCUT2D eigenvalue weighted by Crippen LogP contribution is -2.52. The van der Waals surface area contributed by atoms with E-state index in [1.807, 2.05) is 11.0 Å². The fraction of sp³-hybridized carbons (Fsp3) is 0.533. The first-order valence-electron chi connectivity index (χ1n) is 7.06. The molecule has 1 aromatic carbocycles. The average molecular weight is 259 g/mol. The Labute approximate surface area is 114 Å². The number of carbonyl (C=O) groups is 1. The molecular formula is C15H21N3O. The van der Waals surface area contributed by atoms with Crippen molar-refractivity contribution in [3.05, 3.63) is 29.8 Å². The molecule has 0 spiro atoms. The van der Waals surface area contributed by atoms with E-state index in [9.17, 15) is 4.79 Å². The molecule has 2 aliphatic heterocycles. The van der Waals surface area contributed by atoms with Crippen LogP contribution in [0, 0.1) is 0 Å². The third-order valence-corrected chi connectivity index (χ3v) is 4.16. The van der Waals surface area contributed by atoms with Crippen molar-refractivity contribution in [1.29, 1.82) is 0 Å². The predicted octanol–water partition coefficient (Wildman–Crippen LogP) is 1.19. The summed E-state index contributed by atoms with van der Waals surface area (Å²) in [5.74, 6) is 0.266. The monoisotopic (exact) mass is 259 g/mol. The second-order valence-corrected chi connectivity index (χ2v) is 5.52. The minimum absolute atomic E-state index is 0.0432. The van der Waals surface area contributed by atoms with E-state index in [-0.39, 0.29) is 11.9 Å². The molecule has 19 heavy (non-hydrogen) atoms. The van der Waals surface area contributed by atoms with E-state index >= 15 is 0 Å². The number of aryl methyl sites for hydroxylation is 1. The van der Waals surface area contributed by atoms with Gasteiger partial charge in [0.1, 0.15) is 6.04 Å². The zero-order valence-electron chi connectivity index (χ0n) is 11.4. The highest BCUT2D eigenvalue weighted by molar-refractivity contribution is 5.85. The van der Waals surface area contributed by atoms with E-state index in [4.69, 9.17) is 0 Å². The van der Waals surface area contributed by atoms with E-state index in [1.54, 1.807) is 0 Å². The highest BCUT2D eigenvalue weighted by Crippen LogP contribution is 2.25. The number of hydrogen-bond acceptors (Lipinski definition) is 3. The second kappa shape index (κ2) is 5.21. The van der Waals surface area contributed by atoms with Crippen molar-refractivity contribution in [2.24, 2.45) is 0 Å². The van der Waals surface area contributed by atoms with Crippen LogP contribution < -0.4 is 5.32 Å². The molecule has 0 saturated carbocycles. The van der Waals surface area contributed by atoms with Gasteiger partial charge in [0, 0.05) is 31.9 Å². The molecule has 0 bridgehead atoms. The third kappa shape index (κ3) is 2.59. The number of para-hydroxylation sites is 1. The van der Waals surface area contributed by atoms with Crippen LogP contribution in [0.5, 0.6) is 0 Å². The Bertz CT molecular complexity index is 466. The predicted molar refractivity (Wildman–Crippen MR) is 76.3 cm³/mol. The molecule has 0 aromatic heterocycles. The topological polar surface area (TPSA) is 35.6 Å². The normalized spacial score (nSPS) is 23.6. The first kappa shape index (κ1) is 12.5. The van der Waals surface area contributed by atoms with Gasteiger partial charge in [0.05, 0.1) is 0 Å². The summed E-state index contributed by atoms with van der Waals surface area (Å²) in [6, 6.07) is 8.24. The van der Waals surface area contributed by atoms with Gasteiger partial charge in [0.15, 0.2) is 0 Å². The smallest absolute Gasteiger partial charge is 0.245 e. The Morgan fingerprint density at radius 1 is 1.21 bits per heavy atom. The van der Waals surface area contributed by atoms with E-state index in [0.717, 1.165) is 44.7 Å². The van der Waals surface area contributed by atoms with Crippen LogP contribution in [-0.4, -0.2) is 55.0 Å². The zero-order chi connectivity index (χ0) is 13.2. The number of likely N-dealkylation sites (N-methyl/N-ethyl adjacent to an activating group) is 1. The molecule has 1 fully saturated rings. The largest absolute Gasteiger partial charge is 0.373 e. The summed E-state index contributed by atoms with van der Waals surface area (Å²) >= 11 is 0. The summed E-state index contributed by atoms with van der Waals surface area (Å²) in [6.07, 6.45) is 1.90. The summed E-state index contributed by atoms with van der Waals surface area (Å²) in [5.41, 5.74) is 2.45. The summed E-state index contributed by atoms with van der Waals surface area (Å²) in [5, 5.41) is 3.40. The number of nitrogens with one attached hydrogen (secondary N) is 1. The van der Waals surface area contributed by atoms with Crippen LogP contribution in [-0.2, 0) is 11.2 Å². The molecular weight excluding hydrogens is 238 g/mol. The third-order valence-electron chi connectivity index (χ3n) is 4.16. The molecule has 0 radical (unpaired) electrons. The molecule has 1 unspecified atom stereocenters. The summed E-state index contributed by atoms with van der Waals surface area (Å²) in [6.45, 7) is 3.68. The van der Waals surface area contributed by atoms with Crippen molar-refractivity contribution in [2.45, 2.75) is 18.9 Å². The van der Waals surface area contributed by atoms with E-state index in [2.05, 4.69) is 35.5 Å². The standard InChI is InChI=1S/C15H21N3O/c1-17-8-10-18(11-9-17)15(19)14-7-6-12-4-2-3-5-13(12)16-14/h2-5,14,16H,6-11H2,1H3. The summed E-state index contributed by atoms with van der Waals surface area (Å²) in [7, 11) is 2.11. The molecule has 4 heteroatoms. The quantitative estimate of drug-likeness (QED) is 0.823. The molecule has 1 aromatic rings. The first-order chi connectivity index (χ1) is 9.24. The molecule has 1 saturated heterocycles. The van der Waals surface area contributed by atoms with Gasteiger partial charge < -0.3 is 15.1 Å². The van der Waals surface area contributed by atoms with Crippen LogP contribution >= 0.6 is 0 Å². The van der Waals surface area contributed by atoms with Crippen molar-refractivity contribution < 1.29 is 4.79 Å². The molecule has 3 rings (SSSR count). The van der Waals surface area contributed by atoms with Crippen molar-refractivity contribution in [3.63, 3.8) is 0 Å². The van der Waals surface area contributed by atoms with E-state index < -0.39 is 0 Å². The molecule has 1 atom stereocenters. The Morgan fingerprint density at radius 3 is 2.74 bits per heavy atom. The number of anilines is 1. The molecule has 2 heterocycles. The SMILES string of the molecule is CN1CCN(C(=O)C2CCc3ccccc3N2)CC1. The Morgan fingerprint density at radius 2 is 1.95 bits per heavy atom. The molecule has 1 N–H and O–H groups in total. The van der Waals surface area contributed by atoms with Gasteiger partial charge in [-0.05, 0) is 31.5 Å². The van der Waals surface area contributed by atoms with Gasteiger partial charge in [-0.1, -0.05) is 18.2 Å². The van der Waals surface area contributed by atoms with Gasteiger partial charge in [-0.15, -0.1) is 0 Å². The Kier molecular flexibility index (Phi) is 3.42. The van der Waals surface area contributed by atoms with Gasteiger partial charge in [0.25, 0.3) is 0 Å². The van der Waals surface area contributed by atoms with Gasteiger partial charge in [0.2, 0.25) is 5.91 Å². The van der Waals surface area contributed by atoms with Crippen LogP contribution in [0.2, 0.25) is 0 Å². The minimum Gasteiger partial charge on any atom is -0.373 e. The van der Waals surface area contributed by atoms with Crippen LogP contribution in [0.15, 0.2) is 24.3 Å². The number of nitrogens with zero attached hydrogens (tertiary/aromatic N) is 2. The maximum atomic E-state index is 12.5. The molecule has 2 aliphatic rings. The zero-order valence-corrected chi connectivity index (χ0v) is 11.4. The lowest BCUT2D eigenvalue weighted by molar-refractivity contribution is -0.133. The summed E-state index contributed by atoms with van der Waals surface area (Å²) < 4.78 is 0. The van der Waals surface area contributed by atoms with Gasteiger partial charge in [-0.3, -0.25) is 4.79 Å². The maximum absolute atomic E-state index is 12.5. The van der Waals surface area contributed by atoms with E-state index in [0.29, 0.717) is 0 Å². The number of rotatable bonds is 1. The second-order valence-electron chi connectivity index (χ2n) is 5.52. The minimum atomic E-state index is -0.0432. The van der Waals surface area contributed by atoms with Gasteiger partial charge in [-0.2, -0.15) is 0 Å². The molecule has 102 valence electrons. The van der Waals surface area contributed by atoms with Crippen molar-refractivity contribution >= 4 is 11.6 Å². The molecule has 1 amide bonds. The van der Waals surface area contributed by atoms with Gasteiger partial charge >= 0.3 is 0 Å². The number of carbonyl (C=O) groups excluding carboxylic acids is 1. The Hall–Kier alpha value is -1.55. The number of hydrogen-bond donors (Lipinski definition) is 1. The van der Waals surface area contributed by atoms with Crippen molar-refractivity contribution in [3.8, 4) is 0 Å². The summed E-state index contributed by atoms with van der Waals surface area (Å²) in [4.78, 5) is 16.8. The number of benzene rings is 1. The van der Waals surface area contributed by atoms with Crippen LogP contribution in [0.3, 0.4) is 0 Å². The maximum Gasteiger partial charge on any atom is 0.245 e. The molecule has 0 aliphatic carbocycles. The fourth-order valence-electron chi connectivity index (χ4n) is 2.87. The fourth-order valence-corrected chi connectivity index (χ4v) is 2.87. The number of amides is 1. The Balaban J connectivity index is 1.66. The number of fused-ring (bicyclic) bond motifs is 1. The van der Waals surface area contributed by atoms with Crippen molar-refractivity contribution in [1.82, 2.24) is 9.80 Å². The van der Waals surface area contributed by atoms with Crippen LogP contribution in [0.25, 0.3) is 0 Å². The first-order valence-corrected chi connectivity index (χ1v) is 7.06. The van der Waals surface area contributed by atoms with Gasteiger partial charge in [-0.25, -0.2) is 0 Å². The lowest BCUT2D eigenvalue weighted by Gasteiger charge is -2.36. The van der Waals surface area contributed by atoms with E-state index in [1.165, 1.54) is 5.56 Å². The van der Waals surface area contributed by atoms with Crippen LogP contribution in [0.1, 0.15) is 12.0 Å². The van der Waals surface area contributed by atoms with Crippen molar-refractivity contribution in [2.75, 3.05) is 38.5 Å². The highest BCUT2D eigenvalue weighted by atomic mass is 16.2.